The lowest BCUT2D eigenvalue weighted by Crippen LogP contribution is -2.10. The number of nitrogen functional groups attached to an aromatic ring is 1. The van der Waals surface area contributed by atoms with Gasteiger partial charge in [0.25, 0.3) is 0 Å². The number of unbranched alkanes of at least 4 members (excludes halogenated alkanes) is 1. The Kier molecular flexibility index (Phi) is 5.81. The van der Waals surface area contributed by atoms with Crippen LogP contribution in [0.4, 0.5) is 11.5 Å². The number of rotatable bonds is 9. The molecule has 7 heteroatoms. The minimum Gasteiger partial charge on any atom is -0.476 e. The maximum atomic E-state index is 5.99. The van der Waals surface area contributed by atoms with Crippen LogP contribution >= 0.6 is 0 Å². The van der Waals surface area contributed by atoms with Gasteiger partial charge in [0, 0.05) is 25.5 Å². The Morgan fingerprint density at radius 2 is 2.24 bits per heavy atom. The fraction of sp³-hybridized carbons (Fsp3) is 0.500. The second-order valence-corrected chi connectivity index (χ2v) is 4.72. The van der Waals surface area contributed by atoms with Crippen molar-refractivity contribution in [3.05, 3.63) is 25.0 Å². The van der Waals surface area contributed by atoms with E-state index in [0.717, 1.165) is 32.4 Å². The van der Waals surface area contributed by atoms with Gasteiger partial charge in [-0.05, 0) is 19.3 Å². The molecule has 0 aliphatic carbocycles. The van der Waals surface area contributed by atoms with E-state index in [1.807, 2.05) is 19.4 Å². The Morgan fingerprint density at radius 3 is 3.00 bits per heavy atom. The number of anilines is 2. The molecule has 2 aromatic rings. The lowest BCUT2D eigenvalue weighted by atomic mass is 10.3. The van der Waals surface area contributed by atoms with E-state index in [4.69, 9.17) is 10.5 Å². The van der Waals surface area contributed by atoms with Crippen molar-refractivity contribution in [1.29, 1.82) is 0 Å². The van der Waals surface area contributed by atoms with E-state index in [1.54, 1.807) is 6.20 Å². The molecule has 0 atom stereocenters. The number of nitrogens with two attached hydrogens (primary N) is 1. The molecule has 0 spiro atoms. The van der Waals surface area contributed by atoms with E-state index in [1.165, 1.54) is 6.33 Å². The molecule has 0 aromatic carbocycles. The maximum absolute atomic E-state index is 5.99. The van der Waals surface area contributed by atoms with Crippen molar-refractivity contribution in [1.82, 2.24) is 19.5 Å². The van der Waals surface area contributed by atoms with Crippen LogP contribution in [0, 0.1) is 0 Å². The van der Waals surface area contributed by atoms with Gasteiger partial charge in [0.15, 0.2) is 5.82 Å². The van der Waals surface area contributed by atoms with Gasteiger partial charge in [0.05, 0.1) is 12.9 Å². The van der Waals surface area contributed by atoms with Crippen molar-refractivity contribution >= 4 is 11.5 Å². The molecule has 0 amide bonds. The summed E-state index contributed by atoms with van der Waals surface area (Å²) in [6, 6.07) is 0. The molecule has 0 saturated heterocycles. The highest BCUT2D eigenvalue weighted by Gasteiger charge is 2.08. The molecule has 0 aliphatic heterocycles. The van der Waals surface area contributed by atoms with Crippen LogP contribution in [-0.4, -0.2) is 32.7 Å². The summed E-state index contributed by atoms with van der Waals surface area (Å²) in [5, 5.41) is 3.23. The molecule has 21 heavy (non-hydrogen) atoms. The average Bonchev–Trinajstić information content (AvgIpc) is 3.00. The molecule has 114 valence electrons. The normalized spacial score (nSPS) is 10.5. The lowest BCUT2D eigenvalue weighted by molar-refractivity contribution is 0.306. The molecule has 0 aliphatic rings. The van der Waals surface area contributed by atoms with E-state index in [0.29, 0.717) is 24.0 Å². The molecule has 0 radical (unpaired) electrons. The standard InChI is InChI=1S/C14H22N6O/c1-2-9-21-14-12(15)13(18-10-19-14)17-5-3-4-7-20-8-6-16-11-20/h6,8,10-11H,2-5,7,9,15H2,1H3,(H,17,18,19). The third-order valence-electron chi connectivity index (χ3n) is 2.98. The number of aryl methyl sites for hydroxylation is 1. The van der Waals surface area contributed by atoms with Crippen LogP contribution in [0.25, 0.3) is 0 Å². The molecule has 2 heterocycles. The fourth-order valence-corrected chi connectivity index (χ4v) is 1.88. The SMILES string of the molecule is CCCOc1ncnc(NCCCCn2ccnc2)c1N. The zero-order valence-corrected chi connectivity index (χ0v) is 12.3. The van der Waals surface area contributed by atoms with Crippen molar-refractivity contribution in [3.63, 3.8) is 0 Å². The van der Waals surface area contributed by atoms with Crippen molar-refractivity contribution in [3.8, 4) is 5.88 Å². The molecule has 0 bridgehead atoms. The van der Waals surface area contributed by atoms with Gasteiger partial charge in [-0.3, -0.25) is 0 Å². The minimum absolute atomic E-state index is 0.452. The largest absolute Gasteiger partial charge is 0.476 e. The summed E-state index contributed by atoms with van der Waals surface area (Å²) < 4.78 is 7.54. The van der Waals surface area contributed by atoms with Crippen molar-refractivity contribution in [2.45, 2.75) is 32.7 Å². The van der Waals surface area contributed by atoms with Gasteiger partial charge in [0.2, 0.25) is 5.88 Å². The molecule has 7 nitrogen and oxygen atoms in total. The third-order valence-corrected chi connectivity index (χ3v) is 2.98. The predicted molar refractivity (Wildman–Crippen MR) is 82.2 cm³/mol. The number of nitrogens with one attached hydrogen (secondary N) is 1. The first-order valence-corrected chi connectivity index (χ1v) is 7.24. The summed E-state index contributed by atoms with van der Waals surface area (Å²) in [4.78, 5) is 12.2. The van der Waals surface area contributed by atoms with Crippen LogP contribution in [0.1, 0.15) is 26.2 Å². The zero-order chi connectivity index (χ0) is 14.9. The highest BCUT2D eigenvalue weighted by Crippen LogP contribution is 2.24. The van der Waals surface area contributed by atoms with Crippen LogP contribution in [0.5, 0.6) is 5.88 Å². The monoisotopic (exact) mass is 290 g/mol. The summed E-state index contributed by atoms with van der Waals surface area (Å²) in [6.07, 6.45) is 10.0. The number of ether oxygens (including phenoxy) is 1. The summed E-state index contributed by atoms with van der Waals surface area (Å²) >= 11 is 0. The smallest absolute Gasteiger partial charge is 0.242 e. The molecule has 2 rings (SSSR count). The second kappa shape index (κ2) is 8.08. The van der Waals surface area contributed by atoms with Gasteiger partial charge >= 0.3 is 0 Å². The molecule has 0 saturated carbocycles. The Morgan fingerprint density at radius 1 is 1.33 bits per heavy atom. The number of nitrogens with zero attached hydrogens (tertiary/aromatic N) is 4. The zero-order valence-electron chi connectivity index (χ0n) is 12.3. The quantitative estimate of drug-likeness (QED) is 0.686. The van der Waals surface area contributed by atoms with E-state index in [2.05, 4.69) is 24.8 Å². The summed E-state index contributed by atoms with van der Waals surface area (Å²) in [5.41, 5.74) is 6.46. The first-order valence-electron chi connectivity index (χ1n) is 7.24. The summed E-state index contributed by atoms with van der Waals surface area (Å²) in [5.74, 6) is 1.09. The van der Waals surface area contributed by atoms with E-state index in [-0.39, 0.29) is 0 Å². The highest BCUT2D eigenvalue weighted by molar-refractivity contribution is 5.66. The Hall–Kier alpha value is -2.31. The number of imidazole rings is 1. The molecule has 3 N–H and O–H groups in total. The summed E-state index contributed by atoms with van der Waals surface area (Å²) in [6.45, 7) is 4.41. The number of aromatic nitrogens is 4. The first kappa shape index (κ1) is 15.1. The fourth-order valence-electron chi connectivity index (χ4n) is 1.88. The Balaban J connectivity index is 1.74. The Bertz CT molecular complexity index is 528. The number of hydrogen-bond acceptors (Lipinski definition) is 6. The average molecular weight is 290 g/mol. The highest BCUT2D eigenvalue weighted by atomic mass is 16.5. The number of hydrogen-bond donors (Lipinski definition) is 2. The third kappa shape index (κ3) is 4.62. The first-order chi connectivity index (χ1) is 10.3. The van der Waals surface area contributed by atoms with Crippen LogP contribution in [0.15, 0.2) is 25.0 Å². The van der Waals surface area contributed by atoms with Gasteiger partial charge in [0.1, 0.15) is 12.0 Å². The van der Waals surface area contributed by atoms with Crippen molar-refractivity contribution in [2.24, 2.45) is 0 Å². The molecule has 0 fully saturated rings. The van der Waals surface area contributed by atoms with Gasteiger partial charge in [-0.2, -0.15) is 4.98 Å². The molecular weight excluding hydrogens is 268 g/mol. The van der Waals surface area contributed by atoms with Crippen LogP contribution < -0.4 is 15.8 Å². The van der Waals surface area contributed by atoms with Crippen molar-refractivity contribution < 1.29 is 4.74 Å². The second-order valence-electron chi connectivity index (χ2n) is 4.72. The summed E-state index contributed by atoms with van der Waals surface area (Å²) in [7, 11) is 0. The molecule has 0 unspecified atom stereocenters. The van der Waals surface area contributed by atoms with Crippen LogP contribution in [0.3, 0.4) is 0 Å². The molecule has 2 aromatic heterocycles. The van der Waals surface area contributed by atoms with Gasteiger partial charge in [-0.25, -0.2) is 9.97 Å². The minimum atomic E-state index is 0.452. The molecular formula is C14H22N6O. The van der Waals surface area contributed by atoms with Crippen LogP contribution in [0.2, 0.25) is 0 Å². The Labute approximate surface area is 124 Å². The topological polar surface area (TPSA) is 90.9 Å². The van der Waals surface area contributed by atoms with Gasteiger partial charge < -0.3 is 20.4 Å². The van der Waals surface area contributed by atoms with E-state index >= 15 is 0 Å². The van der Waals surface area contributed by atoms with Gasteiger partial charge in [-0.15, -0.1) is 0 Å². The van der Waals surface area contributed by atoms with Gasteiger partial charge in [-0.1, -0.05) is 6.92 Å². The van der Waals surface area contributed by atoms with Crippen molar-refractivity contribution in [2.75, 3.05) is 24.2 Å². The van der Waals surface area contributed by atoms with E-state index < -0.39 is 0 Å². The van der Waals surface area contributed by atoms with Crippen LogP contribution in [-0.2, 0) is 6.54 Å². The predicted octanol–water partition coefficient (Wildman–Crippen LogP) is 1.94. The lowest BCUT2D eigenvalue weighted by Gasteiger charge is -2.11. The van der Waals surface area contributed by atoms with E-state index in [9.17, 15) is 0 Å². The maximum Gasteiger partial charge on any atom is 0.242 e.